The van der Waals surface area contributed by atoms with Crippen molar-refractivity contribution in [3.63, 3.8) is 0 Å². The summed E-state index contributed by atoms with van der Waals surface area (Å²) < 4.78 is 18.2. The van der Waals surface area contributed by atoms with Gasteiger partial charge in [-0.25, -0.2) is 4.39 Å². The van der Waals surface area contributed by atoms with E-state index in [1.165, 1.54) is 24.5 Å². The molecule has 16 heavy (non-hydrogen) atoms. The van der Waals surface area contributed by atoms with Crippen molar-refractivity contribution < 1.29 is 13.9 Å². The van der Waals surface area contributed by atoms with Gasteiger partial charge in [-0.15, -0.1) is 0 Å². The molecule has 86 valence electrons. The summed E-state index contributed by atoms with van der Waals surface area (Å²) in [5.74, 6) is -0.800. The van der Waals surface area contributed by atoms with Crippen molar-refractivity contribution in [3.05, 3.63) is 40.8 Å². The Morgan fingerprint density at radius 3 is 3.06 bits per heavy atom. The molecule has 0 aliphatic carbocycles. The summed E-state index contributed by atoms with van der Waals surface area (Å²) in [6.45, 7) is 2.30. The Kier molecular flexibility index (Phi) is 4.98. The minimum absolute atomic E-state index is 0.230. The van der Waals surface area contributed by atoms with Crippen molar-refractivity contribution in [2.45, 2.75) is 6.92 Å². The molecule has 0 fully saturated rings. The van der Waals surface area contributed by atoms with Crippen LogP contribution in [0.5, 0.6) is 0 Å². The van der Waals surface area contributed by atoms with Gasteiger partial charge >= 0.3 is 0 Å². The zero-order chi connectivity index (χ0) is 12.0. The molecule has 0 atom stereocenters. The molecule has 1 aromatic carbocycles. The van der Waals surface area contributed by atoms with Gasteiger partial charge in [0, 0.05) is 6.08 Å². The van der Waals surface area contributed by atoms with Crippen LogP contribution in [0.2, 0.25) is 0 Å². The van der Waals surface area contributed by atoms with Gasteiger partial charge in [0.1, 0.15) is 5.82 Å². The lowest BCUT2D eigenvalue weighted by Crippen LogP contribution is -2.08. The molecular weight excluding hydrogens is 277 g/mol. The van der Waals surface area contributed by atoms with E-state index in [0.29, 0.717) is 12.3 Å². The monoisotopic (exact) mass is 287 g/mol. The predicted octanol–water partition coefficient (Wildman–Crippen LogP) is 3.08. The molecule has 1 N–H and O–H groups in total. The molecule has 0 radical (unpaired) electrons. The Morgan fingerprint density at radius 1 is 1.62 bits per heavy atom. The zero-order valence-corrected chi connectivity index (χ0v) is 10.3. The standard InChI is InChI=1S/C11H11BrFNO2/c1-2-16-7-6-10(15)14-9-5-3-4-8(13)11(9)12/h3-7H,2H2,1H3,(H,14,15)/b7-6+. The third-order valence-corrected chi connectivity index (χ3v) is 2.50. The number of carbonyl (C=O) groups is 1. The molecule has 5 heteroatoms. The van der Waals surface area contributed by atoms with E-state index in [2.05, 4.69) is 21.2 Å². The van der Waals surface area contributed by atoms with Gasteiger partial charge in [-0.2, -0.15) is 0 Å². The van der Waals surface area contributed by atoms with Crippen LogP contribution >= 0.6 is 15.9 Å². The lowest BCUT2D eigenvalue weighted by atomic mass is 10.3. The molecule has 0 saturated carbocycles. The fraction of sp³-hybridized carbons (Fsp3) is 0.182. The molecule has 3 nitrogen and oxygen atoms in total. The first-order chi connectivity index (χ1) is 7.65. The molecule has 0 aromatic heterocycles. The number of rotatable bonds is 4. The lowest BCUT2D eigenvalue weighted by Gasteiger charge is -2.05. The summed E-state index contributed by atoms with van der Waals surface area (Å²) in [6, 6.07) is 4.41. The van der Waals surface area contributed by atoms with Crippen LogP contribution in [0.1, 0.15) is 6.92 Å². The second-order valence-electron chi connectivity index (χ2n) is 2.85. The van der Waals surface area contributed by atoms with Gasteiger partial charge in [-0.05, 0) is 35.0 Å². The average Bonchev–Trinajstić information content (AvgIpc) is 2.25. The van der Waals surface area contributed by atoms with E-state index < -0.39 is 5.82 Å². The average molecular weight is 288 g/mol. The molecule has 0 bridgehead atoms. The highest BCUT2D eigenvalue weighted by Crippen LogP contribution is 2.24. The van der Waals surface area contributed by atoms with Crippen molar-refractivity contribution in [1.82, 2.24) is 0 Å². The topological polar surface area (TPSA) is 38.3 Å². The van der Waals surface area contributed by atoms with Crippen LogP contribution in [0.15, 0.2) is 35.0 Å². The fourth-order valence-electron chi connectivity index (χ4n) is 0.981. The smallest absolute Gasteiger partial charge is 0.251 e. The molecule has 1 aromatic rings. The maximum atomic E-state index is 13.1. The normalized spacial score (nSPS) is 10.4. The Hall–Kier alpha value is -1.36. The summed E-state index contributed by atoms with van der Waals surface area (Å²) >= 11 is 3.05. The second kappa shape index (κ2) is 6.27. The SMILES string of the molecule is CCO/C=C/C(=O)Nc1cccc(F)c1Br. The summed E-state index contributed by atoms with van der Waals surface area (Å²) in [5.41, 5.74) is 0.381. The Balaban J connectivity index is 2.66. The number of amides is 1. The second-order valence-corrected chi connectivity index (χ2v) is 3.64. The van der Waals surface area contributed by atoms with E-state index in [9.17, 15) is 9.18 Å². The number of hydrogen-bond donors (Lipinski definition) is 1. The van der Waals surface area contributed by atoms with Crippen molar-refractivity contribution in [2.24, 2.45) is 0 Å². The van der Waals surface area contributed by atoms with Gasteiger partial charge in [0.15, 0.2) is 0 Å². The summed E-state index contributed by atoms with van der Waals surface area (Å²) in [6.07, 6.45) is 2.53. The Bertz CT molecular complexity index is 407. The van der Waals surface area contributed by atoms with Gasteiger partial charge in [-0.1, -0.05) is 6.07 Å². The molecule has 1 amide bonds. The highest BCUT2D eigenvalue weighted by atomic mass is 79.9. The van der Waals surface area contributed by atoms with Crippen LogP contribution < -0.4 is 5.32 Å². The first-order valence-electron chi connectivity index (χ1n) is 4.68. The van der Waals surface area contributed by atoms with Gasteiger partial charge in [0.05, 0.1) is 23.0 Å². The maximum Gasteiger partial charge on any atom is 0.251 e. The molecular formula is C11H11BrFNO2. The molecule has 0 heterocycles. The first kappa shape index (κ1) is 12.7. The number of ether oxygens (including phenoxy) is 1. The third kappa shape index (κ3) is 3.66. The van der Waals surface area contributed by atoms with E-state index in [4.69, 9.17) is 4.74 Å². The summed E-state index contributed by atoms with van der Waals surface area (Å²) in [4.78, 5) is 11.3. The van der Waals surface area contributed by atoms with Crippen molar-refractivity contribution in [2.75, 3.05) is 11.9 Å². The Morgan fingerprint density at radius 2 is 2.38 bits per heavy atom. The minimum atomic E-state index is -0.424. The van der Waals surface area contributed by atoms with Gasteiger partial charge in [-0.3, -0.25) is 4.79 Å². The van der Waals surface area contributed by atoms with E-state index in [1.54, 1.807) is 6.07 Å². The van der Waals surface area contributed by atoms with E-state index in [-0.39, 0.29) is 10.4 Å². The highest BCUT2D eigenvalue weighted by molar-refractivity contribution is 9.10. The van der Waals surface area contributed by atoms with Crippen molar-refractivity contribution in [1.29, 1.82) is 0 Å². The molecule has 0 spiro atoms. The van der Waals surface area contributed by atoms with E-state index in [1.807, 2.05) is 6.92 Å². The van der Waals surface area contributed by atoms with Crippen LogP contribution in [0.25, 0.3) is 0 Å². The number of hydrogen-bond acceptors (Lipinski definition) is 2. The highest BCUT2D eigenvalue weighted by Gasteiger charge is 2.06. The van der Waals surface area contributed by atoms with E-state index >= 15 is 0 Å². The fourth-order valence-corrected chi connectivity index (χ4v) is 1.34. The predicted molar refractivity (Wildman–Crippen MR) is 63.5 cm³/mol. The van der Waals surface area contributed by atoms with Crippen LogP contribution in [0.3, 0.4) is 0 Å². The molecule has 0 aliphatic heterocycles. The molecule has 1 rings (SSSR count). The Labute approximate surface area is 101 Å². The van der Waals surface area contributed by atoms with Crippen LogP contribution in [-0.4, -0.2) is 12.5 Å². The maximum absolute atomic E-state index is 13.1. The first-order valence-corrected chi connectivity index (χ1v) is 5.47. The number of benzene rings is 1. The summed E-state index contributed by atoms with van der Waals surface area (Å²) in [5, 5.41) is 2.52. The largest absolute Gasteiger partial charge is 0.501 e. The van der Waals surface area contributed by atoms with Gasteiger partial charge in [0.25, 0.3) is 5.91 Å². The van der Waals surface area contributed by atoms with Crippen LogP contribution in [0.4, 0.5) is 10.1 Å². The molecule has 0 aliphatic rings. The quantitative estimate of drug-likeness (QED) is 0.683. The third-order valence-electron chi connectivity index (χ3n) is 1.69. The lowest BCUT2D eigenvalue weighted by molar-refractivity contribution is -0.112. The molecule has 0 saturated heterocycles. The van der Waals surface area contributed by atoms with Crippen LogP contribution in [-0.2, 0) is 9.53 Å². The number of carbonyl (C=O) groups excluding carboxylic acids is 1. The zero-order valence-electron chi connectivity index (χ0n) is 8.67. The van der Waals surface area contributed by atoms with E-state index in [0.717, 1.165) is 0 Å². The summed E-state index contributed by atoms with van der Waals surface area (Å²) in [7, 11) is 0. The van der Waals surface area contributed by atoms with Crippen LogP contribution in [0, 0.1) is 5.82 Å². The number of halogens is 2. The van der Waals surface area contributed by atoms with Crippen molar-refractivity contribution in [3.8, 4) is 0 Å². The number of nitrogens with one attached hydrogen (secondary N) is 1. The minimum Gasteiger partial charge on any atom is -0.501 e. The van der Waals surface area contributed by atoms with Gasteiger partial charge < -0.3 is 10.1 Å². The van der Waals surface area contributed by atoms with Crippen molar-refractivity contribution >= 4 is 27.5 Å². The number of anilines is 1. The van der Waals surface area contributed by atoms with Gasteiger partial charge in [0.2, 0.25) is 0 Å². The molecule has 0 unspecified atom stereocenters.